The molecule has 0 aliphatic rings. The molecular formula is C11H15F2NO3. The first-order valence-electron chi connectivity index (χ1n) is 5.23. The minimum Gasteiger partial charge on any atom is -0.488 e. The highest BCUT2D eigenvalue weighted by Crippen LogP contribution is 2.25. The van der Waals surface area contributed by atoms with Crippen molar-refractivity contribution in [1.82, 2.24) is 0 Å². The summed E-state index contributed by atoms with van der Waals surface area (Å²) in [6.07, 6.45) is -0.979. The third-order valence-electron chi connectivity index (χ3n) is 2.04. The van der Waals surface area contributed by atoms with E-state index in [1.54, 1.807) is 6.92 Å². The lowest BCUT2D eigenvalue weighted by molar-refractivity contribution is 0.105. The van der Waals surface area contributed by atoms with Crippen molar-refractivity contribution in [1.29, 1.82) is 0 Å². The molecule has 96 valence electrons. The van der Waals surface area contributed by atoms with Gasteiger partial charge in [0, 0.05) is 24.4 Å². The number of rotatable bonds is 6. The summed E-state index contributed by atoms with van der Waals surface area (Å²) in [5.74, 6) is -2.04. The molecule has 3 N–H and O–H groups in total. The van der Waals surface area contributed by atoms with Crippen LogP contribution in [0.2, 0.25) is 0 Å². The highest BCUT2D eigenvalue weighted by Gasteiger charge is 2.12. The molecule has 0 aromatic heterocycles. The largest absolute Gasteiger partial charge is 0.488 e. The van der Waals surface area contributed by atoms with Gasteiger partial charge in [-0.15, -0.1) is 0 Å². The SMILES string of the molecule is CCOc1c(F)cc(NCC(O)CO)cc1F. The molecule has 1 unspecified atom stereocenters. The Morgan fingerprint density at radius 2 is 1.94 bits per heavy atom. The van der Waals surface area contributed by atoms with Crippen LogP contribution < -0.4 is 10.1 Å². The molecular weight excluding hydrogens is 232 g/mol. The monoisotopic (exact) mass is 247 g/mol. The van der Waals surface area contributed by atoms with Crippen LogP contribution in [0.4, 0.5) is 14.5 Å². The average molecular weight is 247 g/mol. The normalized spacial score (nSPS) is 12.3. The summed E-state index contributed by atoms with van der Waals surface area (Å²) in [6, 6.07) is 2.14. The third kappa shape index (κ3) is 3.83. The fourth-order valence-electron chi connectivity index (χ4n) is 1.24. The molecule has 0 saturated carbocycles. The van der Waals surface area contributed by atoms with E-state index in [9.17, 15) is 8.78 Å². The van der Waals surface area contributed by atoms with Gasteiger partial charge >= 0.3 is 0 Å². The van der Waals surface area contributed by atoms with E-state index >= 15 is 0 Å². The Morgan fingerprint density at radius 3 is 2.41 bits per heavy atom. The molecule has 0 amide bonds. The number of benzene rings is 1. The van der Waals surface area contributed by atoms with E-state index in [1.807, 2.05) is 0 Å². The fraction of sp³-hybridized carbons (Fsp3) is 0.455. The second kappa shape index (κ2) is 6.36. The molecule has 17 heavy (non-hydrogen) atoms. The number of aliphatic hydroxyl groups is 2. The zero-order valence-electron chi connectivity index (χ0n) is 9.41. The van der Waals surface area contributed by atoms with Gasteiger partial charge in [0.15, 0.2) is 17.4 Å². The van der Waals surface area contributed by atoms with Crippen LogP contribution in [0.5, 0.6) is 5.75 Å². The summed E-state index contributed by atoms with van der Waals surface area (Å²) in [4.78, 5) is 0. The second-order valence-corrected chi connectivity index (χ2v) is 3.42. The van der Waals surface area contributed by atoms with E-state index in [1.165, 1.54) is 0 Å². The van der Waals surface area contributed by atoms with Crippen molar-refractivity contribution in [3.8, 4) is 5.75 Å². The summed E-state index contributed by atoms with van der Waals surface area (Å²) < 4.78 is 31.6. The lowest BCUT2D eigenvalue weighted by Crippen LogP contribution is -2.23. The van der Waals surface area contributed by atoms with Crippen molar-refractivity contribution in [2.75, 3.05) is 25.1 Å². The van der Waals surface area contributed by atoms with Gasteiger partial charge in [0.2, 0.25) is 0 Å². The number of ether oxygens (including phenoxy) is 1. The second-order valence-electron chi connectivity index (χ2n) is 3.42. The van der Waals surface area contributed by atoms with Crippen molar-refractivity contribution in [2.24, 2.45) is 0 Å². The summed E-state index contributed by atoms with van der Waals surface area (Å²) >= 11 is 0. The van der Waals surface area contributed by atoms with E-state index in [4.69, 9.17) is 14.9 Å². The van der Waals surface area contributed by atoms with Crippen molar-refractivity contribution < 1.29 is 23.7 Å². The predicted octanol–water partition coefficient (Wildman–Crippen LogP) is 1.13. The Kier molecular flexibility index (Phi) is 5.11. The van der Waals surface area contributed by atoms with E-state index < -0.39 is 30.1 Å². The van der Waals surface area contributed by atoms with Crippen molar-refractivity contribution in [3.05, 3.63) is 23.8 Å². The van der Waals surface area contributed by atoms with Crippen LogP contribution in [-0.2, 0) is 0 Å². The molecule has 0 aliphatic carbocycles. The molecule has 0 aliphatic heterocycles. The third-order valence-corrected chi connectivity index (χ3v) is 2.04. The molecule has 0 radical (unpaired) electrons. The standard InChI is InChI=1S/C11H15F2NO3/c1-2-17-11-9(12)3-7(4-10(11)13)14-5-8(16)6-15/h3-4,8,14-16H,2,5-6H2,1H3. The number of anilines is 1. The van der Waals surface area contributed by atoms with E-state index in [0.717, 1.165) is 12.1 Å². The quantitative estimate of drug-likeness (QED) is 0.705. The molecule has 4 nitrogen and oxygen atoms in total. The van der Waals surface area contributed by atoms with Crippen LogP contribution in [0, 0.1) is 11.6 Å². The van der Waals surface area contributed by atoms with Crippen LogP contribution in [0.1, 0.15) is 6.92 Å². The Bertz CT molecular complexity index is 351. The molecule has 0 bridgehead atoms. The van der Waals surface area contributed by atoms with Crippen molar-refractivity contribution in [3.63, 3.8) is 0 Å². The number of hydrogen-bond donors (Lipinski definition) is 3. The lowest BCUT2D eigenvalue weighted by Gasteiger charge is -2.12. The Balaban J connectivity index is 2.76. The molecule has 1 aromatic carbocycles. The highest BCUT2D eigenvalue weighted by molar-refractivity contribution is 5.48. The van der Waals surface area contributed by atoms with E-state index in [-0.39, 0.29) is 18.8 Å². The summed E-state index contributed by atoms with van der Waals surface area (Å²) in [6.45, 7) is 1.38. The maximum atomic E-state index is 13.4. The molecule has 1 rings (SSSR count). The number of aliphatic hydroxyl groups excluding tert-OH is 2. The molecule has 1 aromatic rings. The van der Waals surface area contributed by atoms with Crippen LogP contribution in [0.25, 0.3) is 0 Å². The summed E-state index contributed by atoms with van der Waals surface area (Å²) in [5.41, 5.74) is 0.177. The zero-order chi connectivity index (χ0) is 12.8. The first kappa shape index (κ1) is 13.7. The van der Waals surface area contributed by atoms with Crippen molar-refractivity contribution in [2.45, 2.75) is 13.0 Å². The fourth-order valence-corrected chi connectivity index (χ4v) is 1.24. The van der Waals surface area contributed by atoms with Crippen LogP contribution in [0.3, 0.4) is 0 Å². The Labute approximate surface area is 97.8 Å². The summed E-state index contributed by atoms with van der Waals surface area (Å²) in [7, 11) is 0. The van der Waals surface area contributed by atoms with Gasteiger partial charge in [-0.3, -0.25) is 0 Å². The molecule has 1 atom stereocenters. The smallest absolute Gasteiger partial charge is 0.190 e. The van der Waals surface area contributed by atoms with Gasteiger partial charge in [0.25, 0.3) is 0 Å². The van der Waals surface area contributed by atoms with Gasteiger partial charge in [-0.1, -0.05) is 0 Å². The first-order valence-corrected chi connectivity index (χ1v) is 5.23. The molecule has 0 heterocycles. The Morgan fingerprint density at radius 1 is 1.35 bits per heavy atom. The van der Waals surface area contributed by atoms with Crippen LogP contribution >= 0.6 is 0 Å². The molecule has 0 fully saturated rings. The average Bonchev–Trinajstić information content (AvgIpc) is 2.30. The molecule has 6 heteroatoms. The minimum atomic E-state index is -0.979. The number of hydrogen-bond acceptors (Lipinski definition) is 4. The highest BCUT2D eigenvalue weighted by atomic mass is 19.1. The van der Waals surface area contributed by atoms with Gasteiger partial charge in [-0.25, -0.2) is 8.78 Å². The first-order chi connectivity index (χ1) is 8.08. The number of halogens is 2. The maximum absolute atomic E-state index is 13.4. The minimum absolute atomic E-state index is 0.00333. The lowest BCUT2D eigenvalue weighted by atomic mass is 10.2. The zero-order valence-corrected chi connectivity index (χ0v) is 9.41. The maximum Gasteiger partial charge on any atom is 0.190 e. The molecule has 0 spiro atoms. The topological polar surface area (TPSA) is 61.7 Å². The van der Waals surface area contributed by atoms with Crippen molar-refractivity contribution >= 4 is 5.69 Å². The van der Waals surface area contributed by atoms with Gasteiger partial charge in [-0.2, -0.15) is 0 Å². The van der Waals surface area contributed by atoms with Crippen LogP contribution in [-0.4, -0.2) is 36.1 Å². The predicted molar refractivity (Wildman–Crippen MR) is 59.1 cm³/mol. The van der Waals surface area contributed by atoms with Gasteiger partial charge in [-0.05, 0) is 6.92 Å². The van der Waals surface area contributed by atoms with Gasteiger partial charge in [0.1, 0.15) is 0 Å². The number of nitrogens with one attached hydrogen (secondary N) is 1. The summed E-state index contributed by atoms with van der Waals surface area (Å²) in [5, 5.41) is 20.3. The van der Waals surface area contributed by atoms with E-state index in [0.29, 0.717) is 0 Å². The van der Waals surface area contributed by atoms with Crippen LogP contribution in [0.15, 0.2) is 12.1 Å². The van der Waals surface area contributed by atoms with Gasteiger partial charge < -0.3 is 20.3 Å². The van der Waals surface area contributed by atoms with E-state index in [2.05, 4.69) is 5.32 Å². The molecule has 0 saturated heterocycles. The Hall–Kier alpha value is -1.40. The van der Waals surface area contributed by atoms with Gasteiger partial charge in [0.05, 0.1) is 19.3 Å².